The molecule has 0 spiro atoms. The highest BCUT2D eigenvalue weighted by molar-refractivity contribution is 6.27. The van der Waals surface area contributed by atoms with E-state index in [1.807, 2.05) is 75.9 Å². The maximum absolute atomic E-state index is 4.78. The molecule has 0 aliphatic heterocycles. The minimum Gasteiger partial charge on any atom is -0.390 e. The zero-order chi connectivity index (χ0) is 35.1. The quantitative estimate of drug-likeness (QED) is 0.0884. The topological polar surface area (TPSA) is 89.9 Å². The zero-order valence-corrected chi connectivity index (χ0v) is 28.6. The molecular weight excluding hydrogens is 613 g/mol. The average molecular weight is 653 g/mol. The molecule has 0 unspecified atom stereocenters. The first-order chi connectivity index (χ1) is 24.6. The molecule has 0 radical (unpaired) electrons. The summed E-state index contributed by atoms with van der Waals surface area (Å²) < 4.78 is 0. The highest BCUT2D eigenvalue weighted by Crippen LogP contribution is 2.42. The molecule has 3 heterocycles. The molecule has 0 saturated carbocycles. The molecule has 0 amide bonds. The molecule has 0 atom stereocenters. The minimum atomic E-state index is 1.02. The first-order valence-corrected chi connectivity index (χ1v) is 16.3. The minimum absolute atomic E-state index is 1.02. The van der Waals surface area contributed by atoms with Gasteiger partial charge in [0.15, 0.2) is 0 Å². The van der Waals surface area contributed by atoms with Crippen molar-refractivity contribution in [1.82, 2.24) is 19.9 Å². The van der Waals surface area contributed by atoms with Crippen LogP contribution in [0.2, 0.25) is 0 Å². The monoisotopic (exact) mass is 652 g/mol. The van der Waals surface area contributed by atoms with Crippen molar-refractivity contribution in [1.29, 1.82) is 0 Å². The molecule has 0 aliphatic rings. The second-order valence-electron chi connectivity index (χ2n) is 11.3. The Balaban J connectivity index is 0.000000254. The normalized spacial score (nSPS) is 10.7. The summed E-state index contributed by atoms with van der Waals surface area (Å²) in [6, 6.07) is 34.7. The van der Waals surface area contributed by atoms with Crippen molar-refractivity contribution >= 4 is 38.7 Å². The predicted molar refractivity (Wildman–Crippen MR) is 212 cm³/mol. The van der Waals surface area contributed by atoms with Gasteiger partial charge in [0.05, 0.1) is 6.34 Å². The smallest absolute Gasteiger partial charge is 0.115 e. The summed E-state index contributed by atoms with van der Waals surface area (Å²) in [7, 11) is 0. The van der Waals surface area contributed by atoms with Crippen LogP contribution >= 0.6 is 0 Å². The lowest BCUT2D eigenvalue weighted by Crippen LogP contribution is -1.90. The molecule has 5 aromatic carbocycles. The van der Waals surface area contributed by atoms with Gasteiger partial charge in [-0.2, -0.15) is 0 Å². The number of rotatable bonds is 4. The third-order valence-corrected chi connectivity index (χ3v) is 8.10. The number of pyridine rings is 2. The molecule has 0 saturated heterocycles. The Morgan fingerprint density at radius 2 is 1.10 bits per heavy atom. The molecule has 2 N–H and O–H groups in total. The molecule has 0 aliphatic carbocycles. The summed E-state index contributed by atoms with van der Waals surface area (Å²) in [4.78, 5) is 19.9. The van der Waals surface area contributed by atoms with Crippen LogP contribution in [0.25, 0.3) is 65.7 Å². The Bertz CT molecular complexity index is 2290. The lowest BCUT2D eigenvalue weighted by Gasteiger charge is -2.16. The van der Waals surface area contributed by atoms with E-state index in [0.717, 1.165) is 16.7 Å². The van der Waals surface area contributed by atoms with E-state index in [-0.39, 0.29) is 0 Å². The summed E-state index contributed by atoms with van der Waals surface area (Å²) in [6.45, 7) is 9.32. The van der Waals surface area contributed by atoms with Crippen molar-refractivity contribution in [3.05, 3.63) is 171 Å². The third kappa shape index (κ3) is 8.30. The van der Waals surface area contributed by atoms with E-state index in [0.29, 0.717) is 0 Å². The summed E-state index contributed by atoms with van der Waals surface area (Å²) in [5.74, 6) is 0. The fourth-order valence-corrected chi connectivity index (χ4v) is 5.60. The lowest BCUT2D eigenvalue weighted by atomic mass is 9.87. The number of nitrogens with zero attached hydrogens (tertiary/aromatic N) is 5. The van der Waals surface area contributed by atoms with Crippen molar-refractivity contribution in [2.75, 3.05) is 0 Å². The lowest BCUT2D eigenvalue weighted by molar-refractivity contribution is 1.17. The van der Waals surface area contributed by atoms with Crippen LogP contribution in [0.1, 0.15) is 19.4 Å². The van der Waals surface area contributed by atoms with Crippen molar-refractivity contribution in [3.8, 4) is 33.4 Å². The molecule has 50 heavy (non-hydrogen) atoms. The number of hydrogen-bond donors (Lipinski definition) is 1. The van der Waals surface area contributed by atoms with Gasteiger partial charge in [-0.3, -0.25) is 9.97 Å². The molecular formula is C44H40N6. The summed E-state index contributed by atoms with van der Waals surface area (Å²) in [5, 5.41) is 7.69. The van der Waals surface area contributed by atoms with Crippen LogP contribution < -0.4 is 5.73 Å². The standard InChI is InChI=1S/C31H19N3.C6H7N.C4H8.C3H6N2/c1-2-24(16-32-15-1)27-12-8-23-9-13-28-26(11-7-22-10-14-29(27)31(23)30(22)28)21-5-3-20(4-6-21)25-17-33-19-34-18-25;1-6-2-4-7-5-3-6;1-3-4-2;1-2-5-3-4/h1-19H;2-5H,1H3;3-4H,1-2H3;2-3H,1H2,(H2,4,5)/b;;4-3-;. The van der Waals surface area contributed by atoms with E-state index in [2.05, 4.69) is 110 Å². The molecule has 246 valence electrons. The molecule has 0 bridgehead atoms. The predicted octanol–water partition coefficient (Wildman–Crippen LogP) is 10.9. The number of aryl methyl sites for hydroxylation is 1. The van der Waals surface area contributed by atoms with Crippen LogP contribution in [-0.2, 0) is 0 Å². The van der Waals surface area contributed by atoms with Gasteiger partial charge in [0.1, 0.15) is 6.33 Å². The van der Waals surface area contributed by atoms with Crippen LogP contribution in [0.3, 0.4) is 0 Å². The van der Waals surface area contributed by atoms with Crippen molar-refractivity contribution in [3.63, 3.8) is 0 Å². The van der Waals surface area contributed by atoms with E-state index in [1.54, 1.807) is 18.7 Å². The fourth-order valence-electron chi connectivity index (χ4n) is 5.60. The SMILES string of the molecule is C/C=C\C.C=CN=CN.Cc1ccncc1.c1cncc(-c2ccc3ccc4c(-c5ccc(-c6cncnc6)cc5)ccc5ccc2c3c54)c1. The Morgan fingerprint density at radius 3 is 1.56 bits per heavy atom. The highest BCUT2D eigenvalue weighted by atomic mass is 14.8. The second-order valence-corrected chi connectivity index (χ2v) is 11.3. The summed E-state index contributed by atoms with van der Waals surface area (Å²) in [5.41, 5.74) is 13.0. The third-order valence-electron chi connectivity index (χ3n) is 8.10. The van der Waals surface area contributed by atoms with Crippen LogP contribution in [-0.4, -0.2) is 26.3 Å². The zero-order valence-electron chi connectivity index (χ0n) is 28.6. The van der Waals surface area contributed by atoms with Gasteiger partial charge in [0.25, 0.3) is 0 Å². The fraction of sp³-hybridized carbons (Fsp3) is 0.0682. The van der Waals surface area contributed by atoms with Crippen LogP contribution in [0, 0.1) is 6.92 Å². The molecule has 6 nitrogen and oxygen atoms in total. The Labute approximate surface area is 293 Å². The van der Waals surface area contributed by atoms with Gasteiger partial charge in [-0.25, -0.2) is 15.0 Å². The van der Waals surface area contributed by atoms with Gasteiger partial charge in [-0.05, 0) is 99.1 Å². The second kappa shape index (κ2) is 17.6. The van der Waals surface area contributed by atoms with Gasteiger partial charge in [0, 0.05) is 54.5 Å². The molecule has 0 fully saturated rings. The van der Waals surface area contributed by atoms with Crippen molar-refractivity contribution in [2.45, 2.75) is 20.8 Å². The van der Waals surface area contributed by atoms with Crippen LogP contribution in [0.5, 0.6) is 0 Å². The molecule has 3 aromatic heterocycles. The number of allylic oxidation sites excluding steroid dienone is 2. The van der Waals surface area contributed by atoms with E-state index < -0.39 is 0 Å². The Kier molecular flexibility index (Phi) is 12.2. The Morgan fingerprint density at radius 1 is 0.560 bits per heavy atom. The number of benzene rings is 5. The van der Waals surface area contributed by atoms with Gasteiger partial charge < -0.3 is 5.73 Å². The largest absolute Gasteiger partial charge is 0.390 e. The molecule has 6 heteroatoms. The van der Waals surface area contributed by atoms with Gasteiger partial charge >= 0.3 is 0 Å². The number of nitrogens with two attached hydrogens (primary N) is 1. The number of aliphatic imine (C=N–C) groups is 1. The molecule has 8 rings (SSSR count). The van der Waals surface area contributed by atoms with Crippen LogP contribution in [0.4, 0.5) is 0 Å². The van der Waals surface area contributed by atoms with Gasteiger partial charge in [-0.1, -0.05) is 97.6 Å². The first-order valence-electron chi connectivity index (χ1n) is 16.3. The van der Waals surface area contributed by atoms with E-state index in [9.17, 15) is 0 Å². The van der Waals surface area contributed by atoms with E-state index in [4.69, 9.17) is 5.73 Å². The highest BCUT2D eigenvalue weighted by Gasteiger charge is 2.15. The average Bonchev–Trinajstić information content (AvgIpc) is 3.19. The van der Waals surface area contributed by atoms with Crippen molar-refractivity contribution in [2.24, 2.45) is 10.7 Å². The van der Waals surface area contributed by atoms with E-state index in [1.165, 1.54) is 67.1 Å². The molecule has 8 aromatic rings. The van der Waals surface area contributed by atoms with E-state index >= 15 is 0 Å². The maximum Gasteiger partial charge on any atom is 0.115 e. The summed E-state index contributed by atoms with van der Waals surface area (Å²) in [6.07, 6.45) is 19.1. The number of hydrogen-bond acceptors (Lipinski definition) is 5. The van der Waals surface area contributed by atoms with Gasteiger partial charge in [0.2, 0.25) is 0 Å². The first kappa shape index (κ1) is 34.8. The van der Waals surface area contributed by atoms with Crippen LogP contribution in [0.15, 0.2) is 170 Å². The maximum atomic E-state index is 4.78. The van der Waals surface area contributed by atoms with Crippen molar-refractivity contribution < 1.29 is 0 Å². The number of aromatic nitrogens is 4. The Hall–Kier alpha value is -6.53. The van der Waals surface area contributed by atoms with Gasteiger partial charge in [-0.15, -0.1) is 0 Å². The summed E-state index contributed by atoms with van der Waals surface area (Å²) >= 11 is 0.